The molecule has 0 heterocycles. The number of rotatable bonds is 5. The number of nitrogens with zero attached hydrogens (tertiary/aromatic N) is 1. The van der Waals surface area contributed by atoms with Crippen molar-refractivity contribution in [1.82, 2.24) is 0 Å². The lowest BCUT2D eigenvalue weighted by molar-refractivity contribution is 0.413. The maximum atomic E-state index is 6.24. The maximum absolute atomic E-state index is 6.24. The molecule has 0 bridgehead atoms. The Hall–Kier alpha value is -1.71. The first-order chi connectivity index (χ1) is 10.1. The molecule has 0 aliphatic heterocycles. The van der Waals surface area contributed by atoms with Crippen LogP contribution in [0.25, 0.3) is 0 Å². The van der Waals surface area contributed by atoms with Gasteiger partial charge in [-0.1, -0.05) is 35.9 Å². The topological polar surface area (TPSA) is 38.5 Å². The van der Waals surface area contributed by atoms with Crippen LogP contribution in [0.2, 0.25) is 5.02 Å². The minimum absolute atomic E-state index is 0.0411. The van der Waals surface area contributed by atoms with Gasteiger partial charge in [-0.05, 0) is 36.2 Å². The van der Waals surface area contributed by atoms with Gasteiger partial charge in [0.1, 0.15) is 5.75 Å². The van der Waals surface area contributed by atoms with Crippen LogP contribution >= 0.6 is 11.6 Å². The van der Waals surface area contributed by atoms with Crippen molar-refractivity contribution in [2.45, 2.75) is 13.0 Å². The van der Waals surface area contributed by atoms with Gasteiger partial charge < -0.3 is 15.4 Å². The number of hydrogen-bond acceptors (Lipinski definition) is 3. The van der Waals surface area contributed by atoms with E-state index in [1.807, 2.05) is 50.4 Å². The summed E-state index contributed by atoms with van der Waals surface area (Å²) in [7, 11) is 3.69. The Kier molecular flexibility index (Phi) is 5.10. The van der Waals surface area contributed by atoms with E-state index in [1.54, 1.807) is 7.11 Å². The fraction of sp³-hybridized carbons (Fsp3) is 0.294. The number of ether oxygens (including phenoxy) is 1. The molecule has 0 aliphatic carbocycles. The lowest BCUT2D eigenvalue weighted by Gasteiger charge is -2.30. The number of likely N-dealkylation sites (N-methyl/N-ethyl adjacent to an activating group) is 1. The second kappa shape index (κ2) is 6.83. The molecule has 2 rings (SSSR count). The molecule has 2 aromatic carbocycles. The van der Waals surface area contributed by atoms with Gasteiger partial charge in [-0.25, -0.2) is 0 Å². The second-order valence-electron chi connectivity index (χ2n) is 5.04. The minimum Gasteiger partial charge on any atom is -0.495 e. The Bertz CT molecular complexity index is 615. The summed E-state index contributed by atoms with van der Waals surface area (Å²) in [5.41, 5.74) is 9.17. The average molecular weight is 305 g/mol. The molecule has 0 spiro atoms. The molecule has 0 saturated heterocycles. The van der Waals surface area contributed by atoms with Crippen LogP contribution in [-0.2, 0) is 0 Å². The van der Waals surface area contributed by atoms with Crippen LogP contribution in [0.4, 0.5) is 5.69 Å². The quantitative estimate of drug-likeness (QED) is 0.913. The van der Waals surface area contributed by atoms with Gasteiger partial charge in [0.25, 0.3) is 0 Å². The van der Waals surface area contributed by atoms with Crippen molar-refractivity contribution in [1.29, 1.82) is 0 Å². The van der Waals surface area contributed by atoms with Crippen LogP contribution in [0.1, 0.15) is 17.2 Å². The molecule has 1 atom stereocenters. The highest BCUT2D eigenvalue weighted by Crippen LogP contribution is 2.33. The summed E-state index contributed by atoms with van der Waals surface area (Å²) >= 11 is 6.24. The van der Waals surface area contributed by atoms with Crippen LogP contribution < -0.4 is 15.4 Å². The number of anilines is 1. The molecule has 0 aromatic heterocycles. The summed E-state index contributed by atoms with van der Waals surface area (Å²) in [4.78, 5) is 2.12. The predicted molar refractivity (Wildman–Crippen MR) is 89.4 cm³/mol. The number of aryl methyl sites for hydroxylation is 1. The molecule has 2 aromatic rings. The molecule has 0 aliphatic rings. The van der Waals surface area contributed by atoms with Gasteiger partial charge in [0.15, 0.2) is 0 Å². The normalized spacial score (nSPS) is 12.0. The van der Waals surface area contributed by atoms with E-state index in [-0.39, 0.29) is 6.04 Å². The summed E-state index contributed by atoms with van der Waals surface area (Å²) in [5.74, 6) is 0.830. The monoisotopic (exact) mass is 304 g/mol. The summed E-state index contributed by atoms with van der Waals surface area (Å²) in [6.45, 7) is 2.49. The highest BCUT2D eigenvalue weighted by molar-refractivity contribution is 6.31. The molecular weight excluding hydrogens is 284 g/mol. The largest absolute Gasteiger partial charge is 0.495 e. The Balaban J connectivity index is 2.38. The van der Waals surface area contributed by atoms with Gasteiger partial charge in [-0.3, -0.25) is 0 Å². The maximum Gasteiger partial charge on any atom is 0.142 e. The van der Waals surface area contributed by atoms with Crippen LogP contribution in [0, 0.1) is 6.92 Å². The zero-order valence-corrected chi connectivity index (χ0v) is 13.4. The highest BCUT2D eigenvalue weighted by Gasteiger charge is 2.19. The summed E-state index contributed by atoms with van der Waals surface area (Å²) in [6, 6.07) is 14.0. The van der Waals surface area contributed by atoms with Gasteiger partial charge in [0.2, 0.25) is 0 Å². The average Bonchev–Trinajstić information content (AvgIpc) is 2.51. The number of para-hydroxylation sites is 2. The molecular formula is C17H21ClN2O. The van der Waals surface area contributed by atoms with Crippen molar-refractivity contribution in [3.05, 3.63) is 58.6 Å². The molecule has 0 amide bonds. The van der Waals surface area contributed by atoms with Crippen LogP contribution in [0.15, 0.2) is 42.5 Å². The Morgan fingerprint density at radius 3 is 2.57 bits per heavy atom. The van der Waals surface area contributed by atoms with Gasteiger partial charge in [-0.2, -0.15) is 0 Å². The molecule has 21 heavy (non-hydrogen) atoms. The summed E-state index contributed by atoms with van der Waals surface area (Å²) in [6.07, 6.45) is 0. The number of methoxy groups -OCH3 is 1. The van der Waals surface area contributed by atoms with Crippen LogP contribution in [0.3, 0.4) is 0 Å². The molecule has 1 unspecified atom stereocenters. The molecule has 0 fully saturated rings. The van der Waals surface area contributed by atoms with Crippen molar-refractivity contribution < 1.29 is 4.74 Å². The fourth-order valence-electron chi connectivity index (χ4n) is 2.42. The van der Waals surface area contributed by atoms with Gasteiger partial charge in [0, 0.05) is 18.6 Å². The van der Waals surface area contributed by atoms with Crippen molar-refractivity contribution in [3.63, 3.8) is 0 Å². The molecule has 4 heteroatoms. The van der Waals surface area contributed by atoms with E-state index in [1.165, 1.54) is 0 Å². The van der Waals surface area contributed by atoms with E-state index >= 15 is 0 Å². The number of benzene rings is 2. The first-order valence-corrected chi connectivity index (χ1v) is 7.28. The zero-order valence-electron chi connectivity index (χ0n) is 12.6. The van der Waals surface area contributed by atoms with E-state index < -0.39 is 0 Å². The van der Waals surface area contributed by atoms with Crippen molar-refractivity contribution >= 4 is 17.3 Å². The standard InChI is InChI=1S/C17H21ClN2O/c1-12-8-9-13(10-14(12)18)16(11-19)20(2)15-6-4-5-7-17(15)21-3/h4-10,16H,11,19H2,1-3H3. The Morgan fingerprint density at radius 2 is 1.95 bits per heavy atom. The molecule has 0 saturated carbocycles. The summed E-state index contributed by atoms with van der Waals surface area (Å²) < 4.78 is 5.43. The predicted octanol–water partition coefficient (Wildman–Crippen LogP) is 3.79. The van der Waals surface area contributed by atoms with E-state index in [4.69, 9.17) is 22.1 Å². The zero-order chi connectivity index (χ0) is 15.4. The lowest BCUT2D eigenvalue weighted by Crippen LogP contribution is -2.30. The molecule has 2 N–H and O–H groups in total. The minimum atomic E-state index is 0.0411. The first kappa shape index (κ1) is 15.7. The van der Waals surface area contributed by atoms with E-state index in [9.17, 15) is 0 Å². The Morgan fingerprint density at radius 1 is 1.24 bits per heavy atom. The van der Waals surface area contributed by atoms with E-state index in [2.05, 4.69) is 11.0 Å². The number of nitrogens with two attached hydrogens (primary N) is 1. The lowest BCUT2D eigenvalue weighted by atomic mass is 10.0. The third kappa shape index (κ3) is 3.31. The molecule has 3 nitrogen and oxygen atoms in total. The third-order valence-corrected chi connectivity index (χ3v) is 4.14. The molecule has 0 radical (unpaired) electrons. The van der Waals surface area contributed by atoms with E-state index in [0.29, 0.717) is 6.54 Å². The van der Waals surface area contributed by atoms with Crippen molar-refractivity contribution in [3.8, 4) is 5.75 Å². The molecule has 112 valence electrons. The third-order valence-electron chi connectivity index (χ3n) is 3.74. The highest BCUT2D eigenvalue weighted by atomic mass is 35.5. The smallest absolute Gasteiger partial charge is 0.142 e. The number of halogens is 1. The van der Waals surface area contributed by atoms with Crippen molar-refractivity contribution in [2.75, 3.05) is 25.6 Å². The van der Waals surface area contributed by atoms with Gasteiger partial charge in [0.05, 0.1) is 18.8 Å². The first-order valence-electron chi connectivity index (χ1n) is 6.90. The number of hydrogen-bond donors (Lipinski definition) is 1. The van der Waals surface area contributed by atoms with Gasteiger partial charge in [-0.15, -0.1) is 0 Å². The van der Waals surface area contributed by atoms with Crippen LogP contribution in [-0.4, -0.2) is 20.7 Å². The van der Waals surface area contributed by atoms with Crippen molar-refractivity contribution in [2.24, 2.45) is 5.73 Å². The second-order valence-corrected chi connectivity index (χ2v) is 5.45. The van der Waals surface area contributed by atoms with Gasteiger partial charge >= 0.3 is 0 Å². The summed E-state index contributed by atoms with van der Waals surface area (Å²) in [5, 5.41) is 0.763. The Labute approximate surface area is 131 Å². The van der Waals surface area contributed by atoms with E-state index in [0.717, 1.165) is 27.6 Å². The SMILES string of the molecule is COc1ccccc1N(C)C(CN)c1ccc(C)c(Cl)c1. The van der Waals surface area contributed by atoms with Crippen LogP contribution in [0.5, 0.6) is 5.75 Å². The fourth-order valence-corrected chi connectivity index (χ4v) is 2.61.